The number of hydrogen-bond donors (Lipinski definition) is 3. The van der Waals surface area contributed by atoms with E-state index in [1.54, 1.807) is 0 Å². The molecule has 0 aromatic carbocycles. The molecule has 0 heterocycles. The van der Waals surface area contributed by atoms with E-state index >= 15 is 0 Å². The molecule has 1 aliphatic rings. The first-order valence-corrected chi connectivity index (χ1v) is 10.3. The van der Waals surface area contributed by atoms with Crippen LogP contribution in [0.2, 0.25) is 0 Å². The molecule has 1 fully saturated rings. The van der Waals surface area contributed by atoms with Gasteiger partial charge in [0.25, 0.3) is 0 Å². The third-order valence-electron chi connectivity index (χ3n) is 4.09. The minimum Gasteiger partial charge on any atom is -0.425 e. The standard InChI is InChI=1S/C17H29FNO6P/c1-3-5-16(20)24-12(2)25-17(21)19-15(18)9-8-13-6-4-7-14(10-13)11-26(22)23/h11-13,15,22-23H,3-10H2,1-2H3,(H,19,21). The molecule has 0 radical (unpaired) electrons. The highest BCUT2D eigenvalue weighted by atomic mass is 31.2. The second-order valence-corrected chi connectivity index (χ2v) is 7.37. The quantitative estimate of drug-likeness (QED) is 0.238. The van der Waals surface area contributed by atoms with Crippen LogP contribution < -0.4 is 5.32 Å². The van der Waals surface area contributed by atoms with E-state index in [1.165, 1.54) is 12.7 Å². The molecule has 7 nitrogen and oxygen atoms in total. The van der Waals surface area contributed by atoms with Crippen LogP contribution in [0.3, 0.4) is 0 Å². The van der Waals surface area contributed by atoms with Gasteiger partial charge in [-0.15, -0.1) is 0 Å². The van der Waals surface area contributed by atoms with E-state index in [2.05, 4.69) is 5.32 Å². The van der Waals surface area contributed by atoms with E-state index in [0.29, 0.717) is 12.8 Å². The van der Waals surface area contributed by atoms with Crippen LogP contribution in [0.15, 0.2) is 11.4 Å². The molecular weight excluding hydrogens is 364 g/mol. The van der Waals surface area contributed by atoms with Crippen molar-refractivity contribution in [2.75, 3.05) is 0 Å². The lowest BCUT2D eigenvalue weighted by atomic mass is 9.83. The summed E-state index contributed by atoms with van der Waals surface area (Å²) in [5.41, 5.74) is 1.00. The molecule has 150 valence electrons. The highest BCUT2D eigenvalue weighted by Gasteiger charge is 2.21. The van der Waals surface area contributed by atoms with E-state index in [1.807, 2.05) is 6.92 Å². The third-order valence-corrected chi connectivity index (χ3v) is 4.68. The van der Waals surface area contributed by atoms with E-state index in [9.17, 15) is 14.0 Å². The van der Waals surface area contributed by atoms with Gasteiger partial charge in [0.2, 0.25) is 6.29 Å². The van der Waals surface area contributed by atoms with Gasteiger partial charge >= 0.3 is 12.1 Å². The van der Waals surface area contributed by atoms with Crippen LogP contribution in [0.4, 0.5) is 9.18 Å². The van der Waals surface area contributed by atoms with Gasteiger partial charge in [-0.05, 0) is 56.7 Å². The zero-order valence-electron chi connectivity index (χ0n) is 15.3. The number of carbonyl (C=O) groups is 2. The van der Waals surface area contributed by atoms with Gasteiger partial charge in [0.15, 0.2) is 14.7 Å². The summed E-state index contributed by atoms with van der Waals surface area (Å²) in [5.74, 6) is 1.28. The lowest BCUT2D eigenvalue weighted by molar-refractivity contribution is -0.165. The van der Waals surface area contributed by atoms with Crippen LogP contribution in [0.25, 0.3) is 0 Å². The normalized spacial score (nSPS) is 21.3. The minimum atomic E-state index is -2.04. The molecule has 3 N–H and O–H groups in total. The van der Waals surface area contributed by atoms with Crippen molar-refractivity contribution in [1.82, 2.24) is 5.32 Å². The first-order valence-electron chi connectivity index (χ1n) is 8.97. The maximum atomic E-state index is 13.9. The summed E-state index contributed by atoms with van der Waals surface area (Å²) < 4.78 is 23.6. The number of alkyl halides is 1. The molecule has 0 aromatic rings. The van der Waals surface area contributed by atoms with Crippen LogP contribution in [-0.4, -0.2) is 34.4 Å². The van der Waals surface area contributed by atoms with Gasteiger partial charge in [0.1, 0.15) is 0 Å². The molecular formula is C17H29FNO6P. The smallest absolute Gasteiger partial charge is 0.412 e. The first-order chi connectivity index (χ1) is 12.3. The molecule has 3 unspecified atom stereocenters. The molecule has 0 aliphatic heterocycles. The fourth-order valence-corrected chi connectivity index (χ4v) is 3.52. The monoisotopic (exact) mass is 393 g/mol. The number of hydrogen-bond acceptors (Lipinski definition) is 6. The van der Waals surface area contributed by atoms with Crippen LogP contribution in [0.5, 0.6) is 0 Å². The fraction of sp³-hybridized carbons (Fsp3) is 0.765. The van der Waals surface area contributed by atoms with Crippen molar-refractivity contribution in [3.63, 3.8) is 0 Å². The molecule has 3 atom stereocenters. The van der Waals surface area contributed by atoms with Crippen molar-refractivity contribution in [1.29, 1.82) is 0 Å². The van der Waals surface area contributed by atoms with Crippen molar-refractivity contribution in [3.05, 3.63) is 11.4 Å². The molecule has 1 aliphatic carbocycles. The summed E-state index contributed by atoms with van der Waals surface area (Å²) in [7, 11) is -2.04. The molecule has 1 saturated carbocycles. The Hall–Kier alpha value is -1.24. The van der Waals surface area contributed by atoms with Gasteiger partial charge in [-0.25, -0.2) is 9.18 Å². The van der Waals surface area contributed by atoms with Gasteiger partial charge in [0, 0.05) is 13.3 Å². The number of nitrogens with one attached hydrogen (secondary N) is 1. The maximum absolute atomic E-state index is 13.9. The van der Waals surface area contributed by atoms with Crippen LogP contribution in [0.1, 0.15) is 65.2 Å². The average Bonchev–Trinajstić information content (AvgIpc) is 2.52. The number of rotatable bonds is 9. The Labute approximate surface area is 154 Å². The zero-order chi connectivity index (χ0) is 19.5. The molecule has 9 heteroatoms. The number of ether oxygens (including phenoxy) is 2. The Morgan fingerprint density at radius 2 is 2.15 bits per heavy atom. The minimum absolute atomic E-state index is 0.143. The van der Waals surface area contributed by atoms with Crippen molar-refractivity contribution >= 4 is 20.4 Å². The van der Waals surface area contributed by atoms with E-state index in [0.717, 1.165) is 31.3 Å². The van der Waals surface area contributed by atoms with Gasteiger partial charge in [-0.3, -0.25) is 10.1 Å². The van der Waals surface area contributed by atoms with E-state index < -0.39 is 33.0 Å². The topological polar surface area (TPSA) is 105 Å². The second kappa shape index (κ2) is 12.2. The lowest BCUT2D eigenvalue weighted by Gasteiger charge is -2.25. The maximum Gasteiger partial charge on any atom is 0.412 e. The van der Waals surface area contributed by atoms with Crippen LogP contribution >= 0.6 is 8.38 Å². The summed E-state index contributed by atoms with van der Waals surface area (Å²) in [5, 5.41) is 2.09. The third kappa shape index (κ3) is 10.0. The summed E-state index contributed by atoms with van der Waals surface area (Å²) in [4.78, 5) is 41.0. The number of halogens is 1. The predicted octanol–water partition coefficient (Wildman–Crippen LogP) is 3.85. The molecule has 0 aromatic heterocycles. The van der Waals surface area contributed by atoms with Crippen LogP contribution in [-0.2, 0) is 14.3 Å². The molecule has 0 saturated heterocycles. The summed E-state index contributed by atoms with van der Waals surface area (Å²) in [6.45, 7) is 3.22. The first kappa shape index (κ1) is 22.8. The summed E-state index contributed by atoms with van der Waals surface area (Å²) >= 11 is 0. The second-order valence-electron chi connectivity index (χ2n) is 6.47. The van der Waals surface area contributed by atoms with Gasteiger partial charge in [-0.1, -0.05) is 12.5 Å². The summed E-state index contributed by atoms with van der Waals surface area (Å²) in [6.07, 6.45) is 1.44. The predicted molar refractivity (Wildman–Crippen MR) is 95.6 cm³/mol. The van der Waals surface area contributed by atoms with E-state index in [-0.39, 0.29) is 18.8 Å². The van der Waals surface area contributed by atoms with Crippen molar-refractivity contribution in [2.24, 2.45) is 5.92 Å². The Balaban J connectivity index is 2.27. The number of esters is 1. The SMILES string of the molecule is CCCC(=O)OC(C)OC(=O)NC(F)CCC1CCCC(=CP(O)O)C1. The van der Waals surface area contributed by atoms with Crippen molar-refractivity contribution in [3.8, 4) is 0 Å². The highest BCUT2D eigenvalue weighted by Crippen LogP contribution is 2.37. The van der Waals surface area contributed by atoms with Crippen molar-refractivity contribution in [2.45, 2.75) is 77.8 Å². The zero-order valence-corrected chi connectivity index (χ0v) is 16.2. The number of alkyl carbamates (subject to hydrolysis) is 1. The number of amides is 1. The number of carbonyl (C=O) groups excluding carboxylic acids is 2. The fourth-order valence-electron chi connectivity index (χ4n) is 2.96. The van der Waals surface area contributed by atoms with Gasteiger partial charge in [-0.2, -0.15) is 0 Å². The Kier molecular flexibility index (Phi) is 10.7. The molecule has 1 amide bonds. The van der Waals surface area contributed by atoms with Gasteiger partial charge in [0.05, 0.1) is 0 Å². The van der Waals surface area contributed by atoms with E-state index in [4.69, 9.17) is 19.3 Å². The molecule has 26 heavy (non-hydrogen) atoms. The number of allylic oxidation sites excluding steroid dienone is 1. The highest BCUT2D eigenvalue weighted by molar-refractivity contribution is 7.48. The Morgan fingerprint density at radius 3 is 2.81 bits per heavy atom. The Bertz CT molecular complexity index is 488. The summed E-state index contributed by atoms with van der Waals surface area (Å²) in [6, 6.07) is 0. The average molecular weight is 393 g/mol. The van der Waals surface area contributed by atoms with Gasteiger partial charge < -0.3 is 19.3 Å². The largest absolute Gasteiger partial charge is 0.425 e. The van der Waals surface area contributed by atoms with Crippen LogP contribution in [0, 0.1) is 5.92 Å². The molecule has 0 bridgehead atoms. The molecule has 1 rings (SSSR count). The Morgan fingerprint density at radius 1 is 1.42 bits per heavy atom. The molecule has 0 spiro atoms. The lowest BCUT2D eigenvalue weighted by Crippen LogP contribution is -2.35. The van der Waals surface area contributed by atoms with Crippen molar-refractivity contribution < 1.29 is 33.2 Å².